The molecule has 0 spiro atoms. The molecule has 2 aromatic rings. The zero-order chi connectivity index (χ0) is 14.8. The van der Waals surface area contributed by atoms with Gasteiger partial charge >= 0.3 is 0 Å². The molecule has 114 valence electrons. The van der Waals surface area contributed by atoms with Crippen LogP contribution < -0.4 is 10.6 Å². The van der Waals surface area contributed by atoms with E-state index in [1.54, 1.807) is 11.3 Å². The number of nitrogens with zero attached hydrogens (tertiary/aromatic N) is 2. The highest BCUT2D eigenvalue weighted by Gasteiger charge is 2.23. The Morgan fingerprint density at radius 2 is 2.19 bits per heavy atom. The number of nitrogens with one attached hydrogen (secondary N) is 2. The lowest BCUT2D eigenvalue weighted by atomic mass is 10.1. The van der Waals surface area contributed by atoms with Crippen LogP contribution in [0.3, 0.4) is 0 Å². The van der Waals surface area contributed by atoms with Crippen LogP contribution in [0, 0.1) is 12.8 Å². The van der Waals surface area contributed by atoms with Crippen molar-refractivity contribution in [2.75, 3.05) is 23.7 Å². The zero-order valence-electron chi connectivity index (χ0n) is 12.5. The van der Waals surface area contributed by atoms with Gasteiger partial charge in [-0.3, -0.25) is 0 Å². The first-order valence-electron chi connectivity index (χ1n) is 7.59. The molecular formula is C15H22N4OS. The van der Waals surface area contributed by atoms with Gasteiger partial charge < -0.3 is 15.7 Å². The molecule has 0 aromatic carbocycles. The number of aliphatic hydroxyl groups excluding tert-OH is 1. The minimum atomic E-state index is -0.122. The fraction of sp³-hybridized carbons (Fsp3) is 0.600. The molecule has 2 aromatic heterocycles. The van der Waals surface area contributed by atoms with Gasteiger partial charge in [-0.2, -0.15) is 4.98 Å². The summed E-state index contributed by atoms with van der Waals surface area (Å²) in [5, 5.41) is 17.4. The number of anilines is 2. The number of fused-ring (bicyclic) bond motifs is 1. The van der Waals surface area contributed by atoms with E-state index in [4.69, 9.17) is 0 Å². The van der Waals surface area contributed by atoms with Crippen LogP contribution in [0.4, 0.5) is 11.8 Å². The zero-order valence-corrected chi connectivity index (χ0v) is 13.3. The molecule has 0 aliphatic heterocycles. The molecule has 3 rings (SSSR count). The van der Waals surface area contributed by atoms with Crippen molar-refractivity contribution in [2.45, 2.75) is 39.2 Å². The van der Waals surface area contributed by atoms with Crippen LogP contribution in [-0.2, 0) is 0 Å². The van der Waals surface area contributed by atoms with Gasteiger partial charge in [-0.15, -0.1) is 11.3 Å². The topological polar surface area (TPSA) is 70.1 Å². The second-order valence-corrected chi connectivity index (χ2v) is 6.95. The van der Waals surface area contributed by atoms with Gasteiger partial charge in [-0.05, 0) is 45.1 Å². The minimum Gasteiger partial charge on any atom is -0.393 e. The second-order valence-electron chi connectivity index (χ2n) is 5.72. The molecule has 0 radical (unpaired) electrons. The SMILES string of the molecule is CCNc1nc(NCC2CCC(O)C2)c2cc(C)sc2n1. The van der Waals surface area contributed by atoms with Crippen LogP contribution in [0.5, 0.6) is 0 Å². The Kier molecular flexibility index (Phi) is 4.26. The van der Waals surface area contributed by atoms with E-state index in [1.807, 2.05) is 6.92 Å². The first kappa shape index (κ1) is 14.5. The average Bonchev–Trinajstić information content (AvgIpc) is 3.01. The van der Waals surface area contributed by atoms with E-state index in [1.165, 1.54) is 4.88 Å². The van der Waals surface area contributed by atoms with E-state index in [2.05, 4.69) is 33.6 Å². The van der Waals surface area contributed by atoms with Crippen molar-refractivity contribution >= 4 is 33.3 Å². The van der Waals surface area contributed by atoms with Gasteiger partial charge in [-0.1, -0.05) is 0 Å². The summed E-state index contributed by atoms with van der Waals surface area (Å²) < 4.78 is 0. The first-order valence-corrected chi connectivity index (χ1v) is 8.41. The maximum absolute atomic E-state index is 9.62. The van der Waals surface area contributed by atoms with E-state index >= 15 is 0 Å². The fourth-order valence-electron chi connectivity index (χ4n) is 2.89. The highest BCUT2D eigenvalue weighted by Crippen LogP contribution is 2.31. The standard InChI is InChI=1S/C15H22N4OS/c1-3-16-15-18-13(12-6-9(2)21-14(12)19-15)17-8-10-4-5-11(20)7-10/h6,10-11,20H,3-5,7-8H2,1-2H3,(H2,16,17,18,19). The molecule has 0 saturated heterocycles. The van der Waals surface area contributed by atoms with Crippen LogP contribution >= 0.6 is 11.3 Å². The predicted octanol–water partition coefficient (Wildman–Crippen LogP) is 3.00. The van der Waals surface area contributed by atoms with Crippen LogP contribution in [0.25, 0.3) is 10.2 Å². The molecule has 5 nitrogen and oxygen atoms in total. The van der Waals surface area contributed by atoms with Crippen molar-refractivity contribution in [1.82, 2.24) is 9.97 Å². The smallest absolute Gasteiger partial charge is 0.226 e. The Morgan fingerprint density at radius 1 is 1.33 bits per heavy atom. The lowest BCUT2D eigenvalue weighted by molar-refractivity contribution is 0.178. The lowest BCUT2D eigenvalue weighted by Crippen LogP contribution is -2.14. The summed E-state index contributed by atoms with van der Waals surface area (Å²) in [5.74, 6) is 2.12. The number of aromatic nitrogens is 2. The summed E-state index contributed by atoms with van der Waals surface area (Å²) in [5.41, 5.74) is 0. The summed E-state index contributed by atoms with van der Waals surface area (Å²) >= 11 is 1.69. The van der Waals surface area contributed by atoms with E-state index in [0.717, 1.165) is 48.4 Å². The Morgan fingerprint density at radius 3 is 2.90 bits per heavy atom. The van der Waals surface area contributed by atoms with Gasteiger partial charge in [0, 0.05) is 18.0 Å². The van der Waals surface area contributed by atoms with Crippen molar-refractivity contribution < 1.29 is 5.11 Å². The maximum atomic E-state index is 9.62. The number of hydrogen-bond acceptors (Lipinski definition) is 6. The molecule has 21 heavy (non-hydrogen) atoms. The third kappa shape index (κ3) is 3.27. The Hall–Kier alpha value is -1.40. The molecule has 0 amide bonds. The van der Waals surface area contributed by atoms with Crippen molar-refractivity contribution in [2.24, 2.45) is 5.92 Å². The fourth-order valence-corrected chi connectivity index (χ4v) is 3.77. The monoisotopic (exact) mass is 306 g/mol. The number of aliphatic hydroxyl groups is 1. The molecule has 1 fully saturated rings. The summed E-state index contributed by atoms with van der Waals surface area (Å²) in [6, 6.07) is 2.14. The molecule has 1 aliphatic carbocycles. The highest BCUT2D eigenvalue weighted by atomic mass is 32.1. The van der Waals surface area contributed by atoms with E-state index in [9.17, 15) is 5.11 Å². The summed E-state index contributed by atoms with van der Waals surface area (Å²) in [6.07, 6.45) is 2.78. The van der Waals surface area contributed by atoms with Gasteiger partial charge in [0.1, 0.15) is 10.6 Å². The molecule has 3 N–H and O–H groups in total. The van der Waals surface area contributed by atoms with Crippen molar-refractivity contribution in [3.63, 3.8) is 0 Å². The molecular weight excluding hydrogens is 284 g/mol. The first-order chi connectivity index (χ1) is 10.2. The van der Waals surface area contributed by atoms with E-state index < -0.39 is 0 Å². The van der Waals surface area contributed by atoms with Crippen LogP contribution in [0.1, 0.15) is 31.1 Å². The molecule has 6 heteroatoms. The van der Waals surface area contributed by atoms with E-state index in [-0.39, 0.29) is 6.10 Å². The lowest BCUT2D eigenvalue weighted by Gasteiger charge is -2.13. The summed E-state index contributed by atoms with van der Waals surface area (Å²) in [6.45, 7) is 5.81. The number of thiophene rings is 1. The molecule has 0 bridgehead atoms. The third-order valence-electron chi connectivity index (χ3n) is 3.92. The minimum absolute atomic E-state index is 0.122. The summed E-state index contributed by atoms with van der Waals surface area (Å²) in [7, 11) is 0. The van der Waals surface area contributed by atoms with Crippen molar-refractivity contribution in [3.8, 4) is 0 Å². The average molecular weight is 306 g/mol. The maximum Gasteiger partial charge on any atom is 0.226 e. The van der Waals surface area contributed by atoms with Crippen molar-refractivity contribution in [3.05, 3.63) is 10.9 Å². The molecule has 1 saturated carbocycles. The van der Waals surface area contributed by atoms with Gasteiger partial charge in [0.05, 0.1) is 11.5 Å². The molecule has 1 aliphatic rings. The Bertz CT molecular complexity index is 627. The van der Waals surface area contributed by atoms with Crippen LogP contribution in [-0.4, -0.2) is 34.3 Å². The number of hydrogen-bond donors (Lipinski definition) is 3. The van der Waals surface area contributed by atoms with Crippen molar-refractivity contribution in [1.29, 1.82) is 0 Å². The Balaban J connectivity index is 1.81. The molecule has 2 unspecified atom stereocenters. The number of aryl methyl sites for hydroxylation is 1. The van der Waals surface area contributed by atoms with Gasteiger partial charge in [0.15, 0.2) is 0 Å². The van der Waals surface area contributed by atoms with Crippen LogP contribution in [0.2, 0.25) is 0 Å². The van der Waals surface area contributed by atoms with Crippen LogP contribution in [0.15, 0.2) is 6.07 Å². The van der Waals surface area contributed by atoms with Gasteiger partial charge in [0.25, 0.3) is 0 Å². The van der Waals surface area contributed by atoms with Gasteiger partial charge in [-0.25, -0.2) is 4.98 Å². The molecule has 2 atom stereocenters. The van der Waals surface area contributed by atoms with Gasteiger partial charge in [0.2, 0.25) is 5.95 Å². The summed E-state index contributed by atoms with van der Waals surface area (Å²) in [4.78, 5) is 11.4. The second kappa shape index (κ2) is 6.15. The third-order valence-corrected chi connectivity index (χ3v) is 4.87. The quantitative estimate of drug-likeness (QED) is 0.792. The molecule has 2 heterocycles. The normalized spacial score (nSPS) is 21.9. The highest BCUT2D eigenvalue weighted by molar-refractivity contribution is 7.18. The predicted molar refractivity (Wildman–Crippen MR) is 88.2 cm³/mol. The Labute approximate surface area is 128 Å². The number of rotatable bonds is 5. The largest absolute Gasteiger partial charge is 0.393 e. The van der Waals surface area contributed by atoms with E-state index in [0.29, 0.717) is 11.9 Å².